The molecule has 1 aromatic carbocycles. The Labute approximate surface area is 162 Å². The monoisotopic (exact) mass is 428 g/mol. The van der Waals surface area contributed by atoms with E-state index in [0.29, 0.717) is 5.56 Å². The van der Waals surface area contributed by atoms with Crippen molar-refractivity contribution < 1.29 is 40.6 Å². The van der Waals surface area contributed by atoms with Gasteiger partial charge in [0, 0.05) is 11.8 Å². The van der Waals surface area contributed by atoms with E-state index in [2.05, 4.69) is 5.10 Å². The van der Waals surface area contributed by atoms with Gasteiger partial charge >= 0.3 is 18.0 Å². The first kappa shape index (κ1) is 23.1. The van der Waals surface area contributed by atoms with Crippen LogP contribution in [0.1, 0.15) is 32.8 Å². The lowest BCUT2D eigenvalue weighted by Gasteiger charge is -2.41. The maximum Gasteiger partial charge on any atom is 0.460 e. The Morgan fingerprint density at radius 3 is 2.03 bits per heavy atom. The number of rotatable bonds is 4. The zero-order valence-electron chi connectivity index (χ0n) is 15.7. The lowest BCUT2D eigenvalue weighted by atomic mass is 9.79. The molecule has 1 unspecified atom stereocenters. The van der Waals surface area contributed by atoms with Gasteiger partial charge in [0.1, 0.15) is 5.71 Å². The summed E-state index contributed by atoms with van der Waals surface area (Å²) in [6.07, 6.45) is -8.35. The van der Waals surface area contributed by atoms with Crippen molar-refractivity contribution in [1.29, 1.82) is 0 Å². The van der Waals surface area contributed by atoms with Gasteiger partial charge in [-0.1, -0.05) is 51.1 Å². The van der Waals surface area contributed by atoms with Gasteiger partial charge in [-0.2, -0.15) is 35.8 Å². The third-order valence-corrected chi connectivity index (χ3v) is 4.73. The fraction of sp³-hybridized carbons (Fsp3) is 0.556. The van der Waals surface area contributed by atoms with Gasteiger partial charge in [-0.15, -0.1) is 0 Å². The van der Waals surface area contributed by atoms with E-state index >= 15 is 0 Å². The molecule has 1 aliphatic rings. The van der Waals surface area contributed by atoms with Crippen LogP contribution >= 0.6 is 0 Å². The van der Waals surface area contributed by atoms with Crippen LogP contribution in [0.3, 0.4) is 0 Å². The predicted molar refractivity (Wildman–Crippen MR) is 89.4 cm³/mol. The summed E-state index contributed by atoms with van der Waals surface area (Å²) in [5.74, 6) is -13.2. The van der Waals surface area contributed by atoms with Crippen molar-refractivity contribution in [2.45, 2.75) is 57.4 Å². The highest BCUT2D eigenvalue weighted by Gasteiger charge is 2.76. The minimum absolute atomic E-state index is 0.190. The summed E-state index contributed by atoms with van der Waals surface area (Å²) in [4.78, 5) is 12.6. The molecule has 1 aliphatic heterocycles. The molecule has 1 aromatic rings. The topological polar surface area (TPSA) is 52.9 Å². The van der Waals surface area contributed by atoms with Crippen molar-refractivity contribution in [1.82, 2.24) is 5.01 Å². The SMILES string of the molecule is CC(C)(C)C1(O)CC(C(F)(F)C(F)(F)C(F)(F)F)=NN1C(=O)Cc1ccccc1. The number of halogens is 7. The lowest BCUT2D eigenvalue weighted by molar-refractivity contribution is -0.336. The predicted octanol–water partition coefficient (Wildman–Crippen LogP) is 4.39. The molecule has 0 spiro atoms. The van der Waals surface area contributed by atoms with Gasteiger partial charge in [-0.3, -0.25) is 4.79 Å². The fourth-order valence-corrected chi connectivity index (χ4v) is 2.77. The molecule has 11 heteroatoms. The second kappa shape index (κ2) is 6.96. The molecule has 0 bridgehead atoms. The molecule has 0 saturated heterocycles. The summed E-state index contributed by atoms with van der Waals surface area (Å²) in [5, 5.41) is 14.1. The van der Waals surface area contributed by atoms with Gasteiger partial charge in [-0.05, 0) is 5.56 Å². The Morgan fingerprint density at radius 2 is 1.59 bits per heavy atom. The molecule has 1 N–H and O–H groups in total. The highest BCUT2D eigenvalue weighted by atomic mass is 19.4. The maximum absolute atomic E-state index is 14.1. The summed E-state index contributed by atoms with van der Waals surface area (Å²) < 4.78 is 92.8. The number of carbonyl (C=O) groups excluding carboxylic acids is 1. The molecule has 29 heavy (non-hydrogen) atoms. The van der Waals surface area contributed by atoms with Crippen LogP contribution in [0, 0.1) is 5.41 Å². The summed E-state index contributed by atoms with van der Waals surface area (Å²) in [7, 11) is 0. The Kier molecular flexibility index (Phi) is 5.55. The molecule has 0 aromatic heterocycles. The maximum atomic E-state index is 14.1. The van der Waals surface area contributed by atoms with E-state index in [-0.39, 0.29) is 5.01 Å². The van der Waals surface area contributed by atoms with E-state index in [0.717, 1.165) is 0 Å². The minimum atomic E-state index is -6.56. The van der Waals surface area contributed by atoms with Crippen LogP contribution in [-0.4, -0.2) is 45.5 Å². The number of hydrogen-bond donors (Lipinski definition) is 1. The lowest BCUT2D eigenvalue weighted by Crippen LogP contribution is -2.58. The number of nitrogens with zero attached hydrogens (tertiary/aromatic N) is 2. The highest BCUT2D eigenvalue weighted by molar-refractivity contribution is 5.96. The molecule has 162 valence electrons. The average molecular weight is 428 g/mol. The Bertz CT molecular complexity index is 801. The Hall–Kier alpha value is -2.17. The standard InChI is InChI=1S/C18H19F7N2O2/c1-14(2,3)15(29)10-12(16(19,20)17(21,22)18(23,24)25)26-27(15)13(28)9-11-7-5-4-6-8-11/h4-8,29H,9-10H2,1-3H3. The van der Waals surface area contributed by atoms with Crippen LogP contribution in [0.2, 0.25) is 0 Å². The quantitative estimate of drug-likeness (QED) is 0.724. The zero-order chi connectivity index (χ0) is 22.5. The van der Waals surface area contributed by atoms with Crippen molar-refractivity contribution in [2.75, 3.05) is 0 Å². The van der Waals surface area contributed by atoms with Crippen LogP contribution in [0.15, 0.2) is 35.4 Å². The van der Waals surface area contributed by atoms with Crippen LogP contribution in [0.5, 0.6) is 0 Å². The Morgan fingerprint density at radius 1 is 1.07 bits per heavy atom. The molecule has 1 amide bonds. The van der Waals surface area contributed by atoms with Crippen LogP contribution in [-0.2, 0) is 11.2 Å². The summed E-state index contributed by atoms with van der Waals surface area (Å²) in [6, 6.07) is 7.83. The van der Waals surface area contributed by atoms with E-state index in [9.17, 15) is 40.6 Å². The van der Waals surface area contributed by atoms with Crippen LogP contribution < -0.4 is 0 Å². The second-order valence-electron chi connectivity index (χ2n) is 7.80. The molecule has 0 fully saturated rings. The number of aliphatic hydroxyl groups is 1. The van der Waals surface area contributed by atoms with Gasteiger partial charge in [0.25, 0.3) is 0 Å². The van der Waals surface area contributed by atoms with E-state index < -0.39 is 53.6 Å². The molecule has 0 radical (unpaired) electrons. The second-order valence-corrected chi connectivity index (χ2v) is 7.80. The van der Waals surface area contributed by atoms with Gasteiger partial charge in [0.2, 0.25) is 5.91 Å². The largest absolute Gasteiger partial charge is 0.460 e. The van der Waals surface area contributed by atoms with E-state index in [1.807, 2.05) is 0 Å². The normalized spacial score (nSPS) is 21.3. The van der Waals surface area contributed by atoms with E-state index in [1.54, 1.807) is 18.2 Å². The zero-order valence-corrected chi connectivity index (χ0v) is 15.7. The van der Waals surface area contributed by atoms with Gasteiger partial charge in [-0.25, -0.2) is 5.01 Å². The molecular formula is C18H19F7N2O2. The van der Waals surface area contributed by atoms with Crippen LogP contribution in [0.25, 0.3) is 0 Å². The number of benzene rings is 1. The molecule has 0 saturated carbocycles. The van der Waals surface area contributed by atoms with Crippen molar-refractivity contribution in [3.05, 3.63) is 35.9 Å². The highest BCUT2D eigenvalue weighted by Crippen LogP contribution is 2.51. The summed E-state index contributed by atoms with van der Waals surface area (Å²) in [6.45, 7) is 3.94. The van der Waals surface area contributed by atoms with Crippen molar-refractivity contribution in [3.8, 4) is 0 Å². The fourth-order valence-electron chi connectivity index (χ4n) is 2.77. The molecule has 1 atom stereocenters. The van der Waals surface area contributed by atoms with Gasteiger partial charge in [0.15, 0.2) is 5.72 Å². The first-order valence-corrected chi connectivity index (χ1v) is 8.45. The van der Waals surface area contributed by atoms with Crippen molar-refractivity contribution >= 4 is 11.6 Å². The van der Waals surface area contributed by atoms with E-state index in [1.165, 1.54) is 32.9 Å². The third-order valence-electron chi connectivity index (χ3n) is 4.73. The summed E-state index contributed by atoms with van der Waals surface area (Å²) >= 11 is 0. The first-order chi connectivity index (χ1) is 12.9. The number of hydrazone groups is 1. The smallest absolute Gasteiger partial charge is 0.368 e. The number of carbonyl (C=O) groups is 1. The van der Waals surface area contributed by atoms with Gasteiger partial charge in [0.05, 0.1) is 6.42 Å². The molecule has 2 rings (SSSR count). The number of amides is 1. The number of hydrogen-bond acceptors (Lipinski definition) is 3. The average Bonchev–Trinajstić information content (AvgIpc) is 2.94. The van der Waals surface area contributed by atoms with E-state index in [4.69, 9.17) is 0 Å². The third kappa shape index (κ3) is 3.84. The Balaban J connectivity index is 2.49. The van der Waals surface area contributed by atoms with Crippen LogP contribution in [0.4, 0.5) is 30.7 Å². The molecule has 1 heterocycles. The summed E-state index contributed by atoms with van der Waals surface area (Å²) in [5.41, 5.74) is -5.43. The molecular weight excluding hydrogens is 409 g/mol. The first-order valence-electron chi connectivity index (χ1n) is 8.45. The molecule has 4 nitrogen and oxygen atoms in total. The van der Waals surface area contributed by atoms with Crippen molar-refractivity contribution in [3.63, 3.8) is 0 Å². The van der Waals surface area contributed by atoms with Crippen molar-refractivity contribution in [2.24, 2.45) is 10.5 Å². The van der Waals surface area contributed by atoms with Gasteiger partial charge < -0.3 is 5.11 Å². The number of alkyl halides is 7. The minimum Gasteiger partial charge on any atom is -0.368 e. The molecule has 0 aliphatic carbocycles.